The topological polar surface area (TPSA) is 75.3 Å². The van der Waals surface area contributed by atoms with Crippen LogP contribution in [0.5, 0.6) is 0 Å². The fourth-order valence-corrected chi connectivity index (χ4v) is 3.17. The van der Waals surface area contributed by atoms with Crippen molar-refractivity contribution in [3.05, 3.63) is 53.8 Å². The minimum Gasteiger partial charge on any atom is -0.324 e. The Morgan fingerprint density at radius 1 is 1.08 bits per heavy atom. The molecule has 0 heterocycles. The van der Waals surface area contributed by atoms with Crippen LogP contribution < -0.4 is 10.0 Å². The highest BCUT2D eigenvalue weighted by Gasteiger charge is 2.15. The number of hydrogen-bond acceptors (Lipinski definition) is 3. The third-order valence-corrected chi connectivity index (χ3v) is 4.78. The van der Waals surface area contributed by atoms with Crippen LogP contribution in [-0.2, 0) is 14.8 Å². The van der Waals surface area contributed by atoms with Crippen LogP contribution in [0.4, 0.5) is 15.8 Å². The lowest BCUT2D eigenvalue weighted by Gasteiger charge is -2.11. The third-order valence-electron chi connectivity index (χ3n) is 3.39. The molecule has 7 heteroatoms. The molecule has 2 aromatic rings. The number of amides is 1. The minimum absolute atomic E-state index is 0.0853. The van der Waals surface area contributed by atoms with Crippen LogP contribution in [0.3, 0.4) is 0 Å². The number of rotatable bonds is 5. The highest BCUT2D eigenvalue weighted by Crippen LogP contribution is 2.23. The summed E-state index contributed by atoms with van der Waals surface area (Å²) in [5, 5.41) is 2.31. The summed E-state index contributed by atoms with van der Waals surface area (Å²) in [6.45, 7) is 5.28. The molecule has 5 nitrogen and oxygen atoms in total. The van der Waals surface area contributed by atoms with Gasteiger partial charge in [0.1, 0.15) is 5.82 Å². The number of sulfonamides is 1. The number of nitrogens with one attached hydrogen (secondary N) is 2. The quantitative estimate of drug-likeness (QED) is 0.863. The van der Waals surface area contributed by atoms with Gasteiger partial charge >= 0.3 is 0 Å². The predicted octanol–water partition coefficient (Wildman–Crippen LogP) is 3.71. The monoisotopic (exact) mass is 350 g/mol. The van der Waals surface area contributed by atoms with Crippen LogP contribution in [0.15, 0.2) is 47.4 Å². The molecule has 0 aliphatic heterocycles. The molecule has 0 atom stereocenters. The molecule has 24 heavy (non-hydrogen) atoms. The summed E-state index contributed by atoms with van der Waals surface area (Å²) in [7, 11) is -3.80. The van der Waals surface area contributed by atoms with Crippen molar-refractivity contribution < 1.29 is 17.6 Å². The molecule has 0 aliphatic carbocycles. The normalized spacial score (nSPS) is 11.4. The summed E-state index contributed by atoms with van der Waals surface area (Å²) < 4.78 is 40.8. The van der Waals surface area contributed by atoms with Gasteiger partial charge in [0.05, 0.1) is 16.3 Å². The number of benzene rings is 2. The van der Waals surface area contributed by atoms with Gasteiger partial charge in [0.25, 0.3) is 10.0 Å². The van der Waals surface area contributed by atoms with E-state index in [2.05, 4.69) is 10.0 Å². The Kier molecular flexibility index (Phi) is 5.23. The molecule has 0 bridgehead atoms. The maximum atomic E-state index is 13.6. The van der Waals surface area contributed by atoms with E-state index in [-0.39, 0.29) is 16.3 Å². The summed E-state index contributed by atoms with van der Waals surface area (Å²) in [5.41, 5.74) is 1.11. The predicted molar refractivity (Wildman–Crippen MR) is 92.0 cm³/mol. The van der Waals surface area contributed by atoms with Crippen molar-refractivity contribution in [3.63, 3.8) is 0 Å². The van der Waals surface area contributed by atoms with Crippen molar-refractivity contribution in [3.8, 4) is 0 Å². The SMILES string of the molecule is CC(=O)Nc1cc(NS(=O)(=O)c2ccc(C(C)C)cc2)ccc1F. The Balaban J connectivity index is 2.27. The van der Waals surface area contributed by atoms with Gasteiger partial charge in [-0.1, -0.05) is 26.0 Å². The molecule has 1 amide bonds. The lowest BCUT2D eigenvalue weighted by atomic mass is 10.0. The number of anilines is 2. The van der Waals surface area contributed by atoms with E-state index in [0.717, 1.165) is 11.6 Å². The molecule has 0 saturated carbocycles. The average Bonchev–Trinajstić information content (AvgIpc) is 2.50. The van der Waals surface area contributed by atoms with Gasteiger partial charge in [0, 0.05) is 6.92 Å². The molecule has 0 aliphatic rings. The van der Waals surface area contributed by atoms with E-state index in [1.54, 1.807) is 12.1 Å². The smallest absolute Gasteiger partial charge is 0.261 e. The van der Waals surface area contributed by atoms with Crippen LogP contribution in [-0.4, -0.2) is 14.3 Å². The number of halogens is 1. The van der Waals surface area contributed by atoms with Crippen LogP contribution in [0.25, 0.3) is 0 Å². The molecular formula is C17H19FN2O3S. The van der Waals surface area contributed by atoms with E-state index in [4.69, 9.17) is 0 Å². The molecule has 0 aromatic heterocycles. The fraction of sp³-hybridized carbons (Fsp3) is 0.235. The van der Waals surface area contributed by atoms with E-state index in [9.17, 15) is 17.6 Å². The lowest BCUT2D eigenvalue weighted by Crippen LogP contribution is -2.14. The van der Waals surface area contributed by atoms with Gasteiger partial charge < -0.3 is 5.32 Å². The molecule has 0 spiro atoms. The maximum Gasteiger partial charge on any atom is 0.261 e. The zero-order valence-corrected chi connectivity index (χ0v) is 14.4. The molecule has 0 radical (unpaired) electrons. The maximum absolute atomic E-state index is 13.6. The van der Waals surface area contributed by atoms with Gasteiger partial charge in [-0.2, -0.15) is 0 Å². The first kappa shape index (κ1) is 17.9. The second-order valence-electron chi connectivity index (χ2n) is 5.71. The summed E-state index contributed by atoms with van der Waals surface area (Å²) in [6, 6.07) is 10.2. The molecule has 2 rings (SSSR count). The van der Waals surface area contributed by atoms with Crippen molar-refractivity contribution in [1.29, 1.82) is 0 Å². The van der Waals surface area contributed by atoms with Crippen molar-refractivity contribution in [1.82, 2.24) is 0 Å². The van der Waals surface area contributed by atoms with Crippen LogP contribution in [0.1, 0.15) is 32.3 Å². The average molecular weight is 350 g/mol. The van der Waals surface area contributed by atoms with Crippen LogP contribution >= 0.6 is 0 Å². The standard InChI is InChI=1S/C17H19FN2O3S/c1-11(2)13-4-7-15(8-5-13)24(22,23)20-14-6-9-16(18)17(10-14)19-12(3)21/h4-11,20H,1-3H3,(H,19,21). The Bertz CT molecular complexity index is 847. The first-order chi connectivity index (χ1) is 11.2. The van der Waals surface area contributed by atoms with Gasteiger partial charge in [0.15, 0.2) is 0 Å². The second-order valence-corrected chi connectivity index (χ2v) is 7.39. The molecule has 2 N–H and O–H groups in total. The molecule has 2 aromatic carbocycles. The van der Waals surface area contributed by atoms with Gasteiger partial charge in [-0.25, -0.2) is 12.8 Å². The van der Waals surface area contributed by atoms with Crippen LogP contribution in [0, 0.1) is 5.82 Å². The molecule has 0 unspecified atom stereocenters. The van der Waals surface area contributed by atoms with Gasteiger partial charge in [-0.15, -0.1) is 0 Å². The third kappa shape index (κ3) is 4.32. The van der Waals surface area contributed by atoms with Gasteiger partial charge in [0.2, 0.25) is 5.91 Å². The molecule has 0 saturated heterocycles. The number of carbonyl (C=O) groups is 1. The summed E-state index contributed by atoms with van der Waals surface area (Å²) in [6.07, 6.45) is 0. The Hall–Kier alpha value is -2.41. The first-order valence-corrected chi connectivity index (χ1v) is 8.87. The Morgan fingerprint density at radius 2 is 1.71 bits per heavy atom. The first-order valence-electron chi connectivity index (χ1n) is 7.39. The minimum atomic E-state index is -3.80. The Labute approximate surface area is 141 Å². The summed E-state index contributed by atoms with van der Waals surface area (Å²) in [4.78, 5) is 11.2. The fourth-order valence-electron chi connectivity index (χ4n) is 2.12. The lowest BCUT2D eigenvalue weighted by molar-refractivity contribution is -0.114. The van der Waals surface area contributed by atoms with Crippen molar-refractivity contribution in [2.45, 2.75) is 31.6 Å². The molecule has 128 valence electrons. The Morgan fingerprint density at radius 3 is 2.25 bits per heavy atom. The van der Waals surface area contributed by atoms with E-state index < -0.39 is 21.7 Å². The largest absolute Gasteiger partial charge is 0.324 e. The zero-order valence-electron chi connectivity index (χ0n) is 13.6. The van der Waals surface area contributed by atoms with Gasteiger partial charge in [-0.05, 0) is 41.8 Å². The highest BCUT2D eigenvalue weighted by molar-refractivity contribution is 7.92. The van der Waals surface area contributed by atoms with Gasteiger partial charge in [-0.3, -0.25) is 9.52 Å². The zero-order chi connectivity index (χ0) is 17.9. The number of carbonyl (C=O) groups excluding carboxylic acids is 1. The van der Waals surface area contributed by atoms with E-state index in [0.29, 0.717) is 5.92 Å². The van der Waals surface area contributed by atoms with E-state index in [1.807, 2.05) is 13.8 Å². The van der Waals surface area contributed by atoms with Crippen molar-refractivity contribution >= 4 is 27.3 Å². The highest BCUT2D eigenvalue weighted by atomic mass is 32.2. The molecule has 0 fully saturated rings. The second kappa shape index (κ2) is 7.00. The summed E-state index contributed by atoms with van der Waals surface area (Å²) >= 11 is 0. The number of hydrogen-bond donors (Lipinski definition) is 2. The van der Waals surface area contributed by atoms with Crippen LogP contribution in [0.2, 0.25) is 0 Å². The van der Waals surface area contributed by atoms with E-state index >= 15 is 0 Å². The molecular weight excluding hydrogens is 331 g/mol. The van der Waals surface area contributed by atoms with Crippen molar-refractivity contribution in [2.75, 3.05) is 10.0 Å². The summed E-state index contributed by atoms with van der Waals surface area (Å²) in [5.74, 6) is -0.792. The van der Waals surface area contributed by atoms with E-state index in [1.165, 1.54) is 31.2 Å². The van der Waals surface area contributed by atoms with Crippen molar-refractivity contribution in [2.24, 2.45) is 0 Å².